The van der Waals surface area contributed by atoms with Crippen LogP contribution in [-0.4, -0.2) is 5.91 Å². The lowest BCUT2D eigenvalue weighted by atomic mass is 9.84. The van der Waals surface area contributed by atoms with Gasteiger partial charge in [-0.1, -0.05) is 48.5 Å². The van der Waals surface area contributed by atoms with Gasteiger partial charge in [-0.15, -0.1) is 0 Å². The van der Waals surface area contributed by atoms with Crippen LogP contribution in [0.2, 0.25) is 0 Å². The second-order valence-corrected chi connectivity index (χ2v) is 5.94. The molecule has 0 aromatic heterocycles. The summed E-state index contributed by atoms with van der Waals surface area (Å²) in [5.41, 5.74) is 10.8. The van der Waals surface area contributed by atoms with Crippen LogP contribution in [0.4, 0.5) is 0 Å². The first-order valence-electron chi connectivity index (χ1n) is 6.75. The average molecular weight is 247 g/mol. The number of fused-ring (bicyclic) bond motifs is 7. The number of nitrogens with two attached hydrogens (primary N) is 1. The normalized spacial score (nSPS) is 35.5. The number of primary amides is 1. The van der Waals surface area contributed by atoms with E-state index in [0.717, 1.165) is 0 Å². The van der Waals surface area contributed by atoms with Crippen molar-refractivity contribution in [3.8, 4) is 0 Å². The van der Waals surface area contributed by atoms with Crippen molar-refractivity contribution >= 4 is 5.91 Å². The molecular weight excluding hydrogens is 234 g/mol. The van der Waals surface area contributed by atoms with E-state index in [1.807, 2.05) is 0 Å². The monoisotopic (exact) mass is 247 g/mol. The third kappa shape index (κ3) is 0.803. The van der Waals surface area contributed by atoms with Gasteiger partial charge in [0.1, 0.15) is 0 Å². The number of amides is 1. The number of benzene rings is 2. The van der Waals surface area contributed by atoms with Gasteiger partial charge in [0.05, 0.1) is 5.41 Å². The van der Waals surface area contributed by atoms with E-state index in [1.165, 1.54) is 22.3 Å². The molecule has 0 saturated heterocycles. The Morgan fingerprint density at radius 2 is 1.26 bits per heavy atom. The minimum atomic E-state index is -0.354. The lowest BCUT2D eigenvalue weighted by Gasteiger charge is -2.18. The third-order valence-electron chi connectivity index (χ3n) is 5.44. The molecule has 0 spiro atoms. The molecule has 2 heteroatoms. The van der Waals surface area contributed by atoms with Gasteiger partial charge in [-0.3, -0.25) is 4.79 Å². The fraction of sp³-hybridized carbons (Fsp3) is 0.235. The van der Waals surface area contributed by atoms with Gasteiger partial charge in [0.2, 0.25) is 5.91 Å². The van der Waals surface area contributed by atoms with Crippen molar-refractivity contribution in [2.24, 2.45) is 11.1 Å². The first-order chi connectivity index (χ1) is 9.28. The molecule has 3 aliphatic carbocycles. The van der Waals surface area contributed by atoms with Gasteiger partial charge in [0, 0.05) is 17.8 Å². The van der Waals surface area contributed by atoms with E-state index >= 15 is 0 Å². The number of rotatable bonds is 1. The van der Waals surface area contributed by atoms with Crippen molar-refractivity contribution < 1.29 is 4.79 Å². The van der Waals surface area contributed by atoms with Crippen LogP contribution in [0.3, 0.4) is 0 Å². The van der Waals surface area contributed by atoms with E-state index in [0.29, 0.717) is 11.8 Å². The Hall–Kier alpha value is -2.09. The van der Waals surface area contributed by atoms with Crippen molar-refractivity contribution in [2.75, 3.05) is 0 Å². The second-order valence-electron chi connectivity index (χ2n) is 5.94. The maximum absolute atomic E-state index is 12.2. The van der Waals surface area contributed by atoms with Gasteiger partial charge in [-0.05, 0) is 22.3 Å². The molecule has 1 amide bonds. The van der Waals surface area contributed by atoms with E-state index < -0.39 is 0 Å². The fourth-order valence-corrected chi connectivity index (χ4v) is 4.89. The van der Waals surface area contributed by atoms with Crippen molar-refractivity contribution in [3.05, 3.63) is 70.8 Å². The molecule has 2 aromatic rings. The zero-order chi connectivity index (χ0) is 12.8. The molecule has 2 aromatic carbocycles. The highest BCUT2D eigenvalue weighted by Crippen LogP contribution is 2.85. The molecule has 2 unspecified atom stereocenters. The third-order valence-corrected chi connectivity index (χ3v) is 5.44. The minimum Gasteiger partial charge on any atom is -0.369 e. The van der Waals surface area contributed by atoms with Crippen LogP contribution >= 0.6 is 0 Å². The first-order valence-corrected chi connectivity index (χ1v) is 6.75. The van der Waals surface area contributed by atoms with Crippen LogP contribution in [0.25, 0.3) is 0 Å². The van der Waals surface area contributed by atoms with E-state index in [1.54, 1.807) is 0 Å². The molecule has 5 rings (SSSR count). The highest BCUT2D eigenvalue weighted by molar-refractivity contribution is 5.95. The van der Waals surface area contributed by atoms with Crippen LogP contribution in [0.5, 0.6) is 0 Å². The molecule has 3 aliphatic rings. The molecule has 2 nitrogen and oxygen atoms in total. The zero-order valence-corrected chi connectivity index (χ0v) is 10.3. The van der Waals surface area contributed by atoms with E-state index in [2.05, 4.69) is 48.5 Å². The highest BCUT2D eigenvalue weighted by atomic mass is 16.1. The number of hydrogen-bond donors (Lipinski definition) is 1. The topological polar surface area (TPSA) is 43.1 Å². The summed E-state index contributed by atoms with van der Waals surface area (Å²) in [5, 5.41) is 0. The van der Waals surface area contributed by atoms with Crippen LogP contribution in [0, 0.1) is 5.41 Å². The standard InChI is InChI=1S/C17H13NO/c18-16(19)17-13-9-5-1-3-7-11(9)14(17)15(17)12-8-4-2-6-10(12)13/h1-8,13-15H,(H2,18,19). The summed E-state index contributed by atoms with van der Waals surface area (Å²) < 4.78 is 0. The molecule has 1 saturated carbocycles. The Labute approximate surface area is 111 Å². The smallest absolute Gasteiger partial charge is 0.225 e. The number of carbonyl (C=O) groups is 1. The quantitative estimate of drug-likeness (QED) is 0.826. The summed E-state index contributed by atoms with van der Waals surface area (Å²) in [6.45, 7) is 0. The van der Waals surface area contributed by atoms with Crippen LogP contribution in [0.1, 0.15) is 40.0 Å². The second kappa shape index (κ2) is 2.74. The minimum absolute atomic E-state index is 0.125. The van der Waals surface area contributed by atoms with Crippen molar-refractivity contribution in [1.82, 2.24) is 0 Å². The van der Waals surface area contributed by atoms with Gasteiger partial charge in [0.25, 0.3) is 0 Å². The van der Waals surface area contributed by atoms with Gasteiger partial charge >= 0.3 is 0 Å². The molecule has 19 heavy (non-hydrogen) atoms. The van der Waals surface area contributed by atoms with Crippen molar-refractivity contribution in [2.45, 2.75) is 17.8 Å². The summed E-state index contributed by atoms with van der Waals surface area (Å²) in [6, 6.07) is 16.9. The molecule has 0 bridgehead atoms. The summed E-state index contributed by atoms with van der Waals surface area (Å²) in [6.07, 6.45) is 0. The molecule has 0 aliphatic heterocycles. The Balaban J connectivity index is 1.88. The maximum atomic E-state index is 12.2. The molecule has 0 radical (unpaired) electrons. The van der Waals surface area contributed by atoms with Crippen LogP contribution in [0.15, 0.2) is 48.5 Å². The predicted molar refractivity (Wildman–Crippen MR) is 71.8 cm³/mol. The zero-order valence-electron chi connectivity index (χ0n) is 10.3. The molecule has 0 heterocycles. The van der Waals surface area contributed by atoms with Crippen LogP contribution in [-0.2, 0) is 4.79 Å². The molecular formula is C17H13NO. The first kappa shape index (κ1) is 9.79. The lowest BCUT2D eigenvalue weighted by molar-refractivity contribution is -0.123. The van der Waals surface area contributed by atoms with Gasteiger partial charge in [0.15, 0.2) is 0 Å². The highest BCUT2D eigenvalue weighted by Gasteiger charge is 2.80. The molecule has 92 valence electrons. The Bertz CT molecular complexity index is 695. The average Bonchev–Trinajstić information content (AvgIpc) is 2.94. The largest absolute Gasteiger partial charge is 0.369 e. The summed E-state index contributed by atoms with van der Waals surface area (Å²) in [7, 11) is 0. The van der Waals surface area contributed by atoms with Gasteiger partial charge < -0.3 is 5.73 Å². The van der Waals surface area contributed by atoms with Gasteiger partial charge in [-0.25, -0.2) is 0 Å². The fourth-order valence-electron chi connectivity index (χ4n) is 4.89. The SMILES string of the molecule is NC(=O)C12C3c4ccccc4C1C2c1ccccc13. The number of hydrogen-bond acceptors (Lipinski definition) is 1. The van der Waals surface area contributed by atoms with Crippen molar-refractivity contribution in [1.29, 1.82) is 0 Å². The Morgan fingerprint density at radius 3 is 1.68 bits per heavy atom. The van der Waals surface area contributed by atoms with E-state index in [9.17, 15) is 4.79 Å². The summed E-state index contributed by atoms with van der Waals surface area (Å²) in [5.74, 6) is 0.703. The van der Waals surface area contributed by atoms with E-state index in [4.69, 9.17) is 5.73 Å². The van der Waals surface area contributed by atoms with Gasteiger partial charge in [-0.2, -0.15) is 0 Å². The molecule has 2 atom stereocenters. The summed E-state index contributed by atoms with van der Waals surface area (Å²) >= 11 is 0. The predicted octanol–water partition coefficient (Wildman–Crippen LogP) is 2.50. The lowest BCUT2D eigenvalue weighted by Crippen LogP contribution is -2.29. The molecule has 1 fully saturated rings. The Morgan fingerprint density at radius 1 is 0.842 bits per heavy atom. The summed E-state index contributed by atoms with van der Waals surface area (Å²) in [4.78, 5) is 12.2. The number of carbonyl (C=O) groups excluding carboxylic acids is 1. The van der Waals surface area contributed by atoms with Crippen LogP contribution < -0.4 is 5.73 Å². The Kier molecular flexibility index (Phi) is 1.41. The van der Waals surface area contributed by atoms with E-state index in [-0.39, 0.29) is 17.2 Å². The molecule has 2 N–H and O–H groups in total. The maximum Gasteiger partial charge on any atom is 0.225 e. The van der Waals surface area contributed by atoms with Crippen molar-refractivity contribution in [3.63, 3.8) is 0 Å².